The normalized spacial score (nSPS) is 12.0. The van der Waals surface area contributed by atoms with Gasteiger partial charge in [0.1, 0.15) is 5.76 Å². The summed E-state index contributed by atoms with van der Waals surface area (Å²) >= 11 is 0. The van der Waals surface area contributed by atoms with Gasteiger partial charge in [-0.2, -0.15) is 0 Å². The molecule has 0 fully saturated rings. The molecule has 0 saturated carbocycles. The van der Waals surface area contributed by atoms with E-state index in [4.69, 9.17) is 9.76 Å². The SMILES string of the molecule is CC(C)(C)c1ccc(N(c2ccc(C(=O)/C=C(\OB(F)F)c3ccc(-c4ccc(C(=O)O)cc4)cc3)cc2)c2ccc(C(C)(C)C)cc2)cc1. The standard InChI is InChI=1S/C42H40BF2NO4/c1-41(2,3)33-17-23-36(24-18-33)46(37-25-19-34(20-26-37)42(4,5)6)35-21-15-30(16-22-35)38(47)27-39(50-43(44)45)31-11-7-28(8-12-31)29-9-13-32(14-10-29)40(48)49/h7-27H,1-6H3,(H,48,49)/b39-27-. The van der Waals surface area contributed by atoms with E-state index < -0.39 is 19.2 Å². The van der Waals surface area contributed by atoms with Crippen LogP contribution in [0.5, 0.6) is 0 Å². The zero-order valence-electron chi connectivity index (χ0n) is 29.1. The van der Waals surface area contributed by atoms with E-state index in [0.717, 1.165) is 34.3 Å². The Balaban J connectivity index is 1.44. The first kappa shape index (κ1) is 35.8. The Morgan fingerprint density at radius 1 is 0.580 bits per heavy atom. The Hall–Kier alpha value is -5.50. The van der Waals surface area contributed by atoms with E-state index in [2.05, 4.69) is 95.0 Å². The van der Waals surface area contributed by atoms with Crippen molar-refractivity contribution in [2.24, 2.45) is 0 Å². The van der Waals surface area contributed by atoms with E-state index in [1.165, 1.54) is 23.3 Å². The summed E-state index contributed by atoms with van der Waals surface area (Å²) < 4.78 is 31.8. The number of carboxylic acid groups (broad SMARTS) is 1. The van der Waals surface area contributed by atoms with Crippen LogP contribution >= 0.6 is 0 Å². The Bertz CT molecular complexity index is 1920. The van der Waals surface area contributed by atoms with Crippen LogP contribution in [0.1, 0.15) is 78.9 Å². The fourth-order valence-corrected chi connectivity index (χ4v) is 5.56. The molecule has 50 heavy (non-hydrogen) atoms. The molecule has 5 aromatic rings. The summed E-state index contributed by atoms with van der Waals surface area (Å²) in [5, 5.41) is 9.15. The molecule has 5 rings (SSSR count). The third-order valence-corrected chi connectivity index (χ3v) is 8.51. The quantitative estimate of drug-likeness (QED) is 0.0693. The van der Waals surface area contributed by atoms with E-state index in [9.17, 15) is 18.2 Å². The fourth-order valence-electron chi connectivity index (χ4n) is 5.56. The highest BCUT2D eigenvalue weighted by Crippen LogP contribution is 2.37. The minimum Gasteiger partial charge on any atom is -0.505 e. The fraction of sp³-hybridized carbons (Fsp3) is 0.190. The number of carbonyl (C=O) groups excluding carboxylic acids is 1. The van der Waals surface area contributed by atoms with Gasteiger partial charge in [0.2, 0.25) is 0 Å². The molecule has 0 spiro atoms. The number of benzene rings is 5. The highest BCUT2D eigenvalue weighted by molar-refractivity contribution is 6.36. The maximum Gasteiger partial charge on any atom is 0.796 e. The molecule has 0 saturated heterocycles. The summed E-state index contributed by atoms with van der Waals surface area (Å²) in [6.07, 6.45) is 1.08. The first-order valence-corrected chi connectivity index (χ1v) is 16.4. The van der Waals surface area contributed by atoms with Crippen molar-refractivity contribution < 1.29 is 28.0 Å². The summed E-state index contributed by atoms with van der Waals surface area (Å²) in [5.74, 6) is -1.78. The molecule has 254 valence electrons. The van der Waals surface area contributed by atoms with Crippen LogP contribution in [0.3, 0.4) is 0 Å². The van der Waals surface area contributed by atoms with Gasteiger partial charge in [-0.25, -0.2) is 13.4 Å². The second kappa shape index (κ2) is 14.5. The lowest BCUT2D eigenvalue weighted by Crippen LogP contribution is -2.14. The number of hydrogen-bond acceptors (Lipinski definition) is 4. The second-order valence-corrected chi connectivity index (χ2v) is 14.2. The van der Waals surface area contributed by atoms with Gasteiger partial charge < -0.3 is 14.7 Å². The van der Waals surface area contributed by atoms with Gasteiger partial charge in [0.15, 0.2) is 5.78 Å². The largest absolute Gasteiger partial charge is 0.796 e. The second-order valence-electron chi connectivity index (χ2n) is 14.2. The molecule has 0 radical (unpaired) electrons. The predicted octanol–water partition coefficient (Wildman–Crippen LogP) is 11.3. The van der Waals surface area contributed by atoms with E-state index in [-0.39, 0.29) is 22.2 Å². The molecular formula is C42H40BF2NO4. The molecule has 0 aliphatic heterocycles. The summed E-state index contributed by atoms with van der Waals surface area (Å²) in [5.41, 5.74) is 7.41. The number of aromatic carboxylic acids is 1. The van der Waals surface area contributed by atoms with Crippen LogP contribution in [0.15, 0.2) is 127 Å². The van der Waals surface area contributed by atoms with E-state index in [0.29, 0.717) is 11.1 Å². The molecule has 0 atom stereocenters. The van der Waals surface area contributed by atoms with Gasteiger partial charge in [-0.1, -0.05) is 102 Å². The number of rotatable bonds is 10. The van der Waals surface area contributed by atoms with Gasteiger partial charge in [-0.05, 0) is 93.7 Å². The van der Waals surface area contributed by atoms with Crippen LogP contribution in [0.4, 0.5) is 25.7 Å². The summed E-state index contributed by atoms with van der Waals surface area (Å²) in [6, 6.07) is 36.8. The minimum atomic E-state index is -3.14. The van der Waals surface area contributed by atoms with E-state index in [1.54, 1.807) is 48.5 Å². The molecule has 5 nitrogen and oxygen atoms in total. The molecule has 8 heteroatoms. The molecule has 0 aliphatic rings. The van der Waals surface area contributed by atoms with Crippen LogP contribution in [0, 0.1) is 0 Å². The zero-order chi connectivity index (χ0) is 36.2. The van der Waals surface area contributed by atoms with Crippen molar-refractivity contribution in [1.82, 2.24) is 0 Å². The smallest absolute Gasteiger partial charge is 0.505 e. The molecule has 5 aromatic carbocycles. The Morgan fingerprint density at radius 2 is 0.940 bits per heavy atom. The van der Waals surface area contributed by atoms with Gasteiger partial charge in [0.05, 0.1) is 5.56 Å². The maximum absolute atomic E-state index is 13.5. The first-order chi connectivity index (χ1) is 23.6. The minimum absolute atomic E-state index is 0.00203. The number of carbonyl (C=O) groups is 2. The van der Waals surface area contributed by atoms with E-state index >= 15 is 0 Å². The number of halogens is 2. The Kier molecular flexibility index (Phi) is 10.4. The molecule has 0 bridgehead atoms. The third kappa shape index (κ3) is 8.56. The lowest BCUT2D eigenvalue weighted by molar-refractivity contribution is 0.0696. The lowest BCUT2D eigenvalue weighted by atomic mass is 9.86. The van der Waals surface area contributed by atoms with Crippen molar-refractivity contribution in [2.75, 3.05) is 4.90 Å². The van der Waals surface area contributed by atoms with Crippen molar-refractivity contribution >= 4 is 42.0 Å². The first-order valence-electron chi connectivity index (χ1n) is 16.4. The van der Waals surface area contributed by atoms with E-state index in [1.807, 2.05) is 12.1 Å². The highest BCUT2D eigenvalue weighted by atomic mass is 19.2. The Labute approximate surface area is 293 Å². The van der Waals surface area contributed by atoms with Crippen molar-refractivity contribution in [3.63, 3.8) is 0 Å². The Morgan fingerprint density at radius 3 is 1.30 bits per heavy atom. The average molecular weight is 672 g/mol. The molecule has 0 aliphatic carbocycles. The van der Waals surface area contributed by atoms with Gasteiger partial charge >= 0.3 is 13.4 Å². The maximum atomic E-state index is 13.5. The zero-order valence-corrected chi connectivity index (χ0v) is 29.1. The summed E-state index contributed by atoms with van der Waals surface area (Å²) in [7, 11) is -3.14. The van der Waals surface area contributed by atoms with Crippen LogP contribution in [-0.2, 0) is 15.5 Å². The van der Waals surface area contributed by atoms with Crippen LogP contribution in [0.2, 0.25) is 0 Å². The lowest BCUT2D eigenvalue weighted by Gasteiger charge is -2.28. The van der Waals surface area contributed by atoms with Crippen LogP contribution in [-0.4, -0.2) is 24.3 Å². The molecule has 1 N–H and O–H groups in total. The molecular weight excluding hydrogens is 631 g/mol. The van der Waals surface area contributed by atoms with Gasteiger partial charge in [-0.15, -0.1) is 0 Å². The predicted molar refractivity (Wildman–Crippen MR) is 199 cm³/mol. The summed E-state index contributed by atoms with van der Waals surface area (Å²) in [6.45, 7) is 13.0. The summed E-state index contributed by atoms with van der Waals surface area (Å²) in [4.78, 5) is 26.7. The van der Waals surface area contributed by atoms with Crippen LogP contribution < -0.4 is 4.90 Å². The van der Waals surface area contributed by atoms with Crippen molar-refractivity contribution in [2.45, 2.75) is 52.4 Å². The van der Waals surface area contributed by atoms with Gasteiger partial charge in [0, 0.05) is 34.3 Å². The molecule has 0 amide bonds. The number of hydrogen-bond donors (Lipinski definition) is 1. The topological polar surface area (TPSA) is 66.8 Å². The number of allylic oxidation sites excluding steroid dienone is 1. The van der Waals surface area contributed by atoms with Gasteiger partial charge in [-0.3, -0.25) is 4.79 Å². The average Bonchev–Trinajstić information content (AvgIpc) is 3.08. The monoisotopic (exact) mass is 671 g/mol. The van der Waals surface area contributed by atoms with Crippen molar-refractivity contribution in [3.8, 4) is 11.1 Å². The molecule has 0 aromatic heterocycles. The number of nitrogens with zero attached hydrogens (tertiary/aromatic N) is 1. The highest BCUT2D eigenvalue weighted by Gasteiger charge is 2.22. The van der Waals surface area contributed by atoms with Crippen LogP contribution in [0.25, 0.3) is 16.9 Å². The third-order valence-electron chi connectivity index (χ3n) is 8.51. The van der Waals surface area contributed by atoms with Gasteiger partial charge in [0.25, 0.3) is 0 Å². The van der Waals surface area contributed by atoms with Crippen molar-refractivity contribution in [3.05, 3.63) is 155 Å². The number of ketones is 1. The number of anilines is 3. The molecule has 0 unspecified atom stereocenters. The molecule has 0 heterocycles. The van der Waals surface area contributed by atoms with Crippen molar-refractivity contribution in [1.29, 1.82) is 0 Å². The number of carboxylic acids is 1.